The lowest BCUT2D eigenvalue weighted by Crippen LogP contribution is -1.97. The number of carbonyl (C=O) groups is 1. The Morgan fingerprint density at radius 1 is 1.05 bits per heavy atom. The molecule has 0 spiro atoms. The molecule has 96 valence electrons. The Morgan fingerprint density at radius 2 is 1.68 bits per heavy atom. The van der Waals surface area contributed by atoms with Crippen LogP contribution in [0.4, 0.5) is 8.78 Å². The SMILES string of the molecule is O=C1C[C@H](c2ccc(Cl)cc2)c2cc(F)c(F)cc21. The standard InChI is InChI=1S/C15H9ClF2O/c16-9-3-1-8(2-4-9)10-7-15(19)12-6-14(18)13(17)5-11(10)12/h1-6,10H,7H2/t10-/m1/s1. The molecule has 0 unspecified atom stereocenters. The smallest absolute Gasteiger partial charge is 0.164 e. The molecule has 0 N–H and O–H groups in total. The van der Waals surface area contributed by atoms with Crippen molar-refractivity contribution in [3.8, 4) is 0 Å². The first-order valence-electron chi connectivity index (χ1n) is 5.84. The normalized spacial score (nSPS) is 17.6. The van der Waals surface area contributed by atoms with Gasteiger partial charge in [0.1, 0.15) is 0 Å². The topological polar surface area (TPSA) is 17.1 Å². The highest BCUT2D eigenvalue weighted by Gasteiger charge is 2.31. The number of benzene rings is 2. The Morgan fingerprint density at radius 3 is 2.37 bits per heavy atom. The molecule has 0 aromatic heterocycles. The Bertz CT molecular complexity index is 665. The van der Waals surface area contributed by atoms with Gasteiger partial charge in [0.25, 0.3) is 0 Å². The fraction of sp³-hybridized carbons (Fsp3) is 0.133. The van der Waals surface area contributed by atoms with Crippen LogP contribution in [0, 0.1) is 11.6 Å². The molecule has 1 aliphatic rings. The molecule has 0 saturated carbocycles. The highest BCUT2D eigenvalue weighted by atomic mass is 35.5. The summed E-state index contributed by atoms with van der Waals surface area (Å²) < 4.78 is 26.5. The molecule has 0 fully saturated rings. The third kappa shape index (κ3) is 2.04. The molecule has 0 radical (unpaired) electrons. The molecular weight excluding hydrogens is 270 g/mol. The maximum absolute atomic E-state index is 13.3. The largest absolute Gasteiger partial charge is 0.294 e. The zero-order valence-corrected chi connectivity index (χ0v) is 10.5. The van der Waals surface area contributed by atoms with Crippen molar-refractivity contribution in [2.75, 3.05) is 0 Å². The van der Waals surface area contributed by atoms with Gasteiger partial charge in [0.2, 0.25) is 0 Å². The quantitative estimate of drug-likeness (QED) is 0.758. The van der Waals surface area contributed by atoms with Crippen LogP contribution in [0.2, 0.25) is 5.02 Å². The van der Waals surface area contributed by atoms with E-state index < -0.39 is 11.6 Å². The van der Waals surface area contributed by atoms with Crippen LogP contribution in [0.5, 0.6) is 0 Å². The first kappa shape index (κ1) is 12.3. The maximum atomic E-state index is 13.3. The van der Waals surface area contributed by atoms with E-state index in [0.717, 1.165) is 17.7 Å². The summed E-state index contributed by atoms with van der Waals surface area (Å²) in [6.45, 7) is 0. The van der Waals surface area contributed by atoms with Crippen molar-refractivity contribution >= 4 is 17.4 Å². The number of halogens is 3. The lowest BCUT2D eigenvalue weighted by Gasteiger charge is -2.11. The van der Waals surface area contributed by atoms with Crippen LogP contribution in [-0.4, -0.2) is 5.78 Å². The molecular formula is C15H9ClF2O. The first-order valence-corrected chi connectivity index (χ1v) is 6.21. The molecule has 0 bridgehead atoms. The molecule has 0 saturated heterocycles. The summed E-state index contributed by atoms with van der Waals surface area (Å²) in [7, 11) is 0. The molecule has 4 heteroatoms. The second kappa shape index (κ2) is 4.42. The Balaban J connectivity index is 2.11. The van der Waals surface area contributed by atoms with Gasteiger partial charge in [-0.15, -0.1) is 0 Å². The second-order valence-electron chi connectivity index (χ2n) is 4.59. The van der Waals surface area contributed by atoms with Crippen molar-refractivity contribution in [1.29, 1.82) is 0 Å². The number of Topliss-reactive ketones (excluding diaryl/α,β-unsaturated/α-hetero) is 1. The van der Waals surface area contributed by atoms with E-state index >= 15 is 0 Å². The van der Waals surface area contributed by atoms with Crippen molar-refractivity contribution in [3.05, 3.63) is 69.7 Å². The lowest BCUT2D eigenvalue weighted by atomic mass is 9.93. The van der Waals surface area contributed by atoms with Crippen molar-refractivity contribution in [3.63, 3.8) is 0 Å². The van der Waals surface area contributed by atoms with Gasteiger partial charge in [0, 0.05) is 22.9 Å². The zero-order valence-electron chi connectivity index (χ0n) is 9.79. The first-order chi connectivity index (χ1) is 9.06. The van der Waals surface area contributed by atoms with Gasteiger partial charge in [-0.1, -0.05) is 23.7 Å². The Hall–Kier alpha value is -1.74. The van der Waals surface area contributed by atoms with Gasteiger partial charge in [0.05, 0.1) is 0 Å². The summed E-state index contributed by atoms with van der Waals surface area (Å²) in [5.74, 6) is -2.29. The van der Waals surface area contributed by atoms with Gasteiger partial charge in [-0.25, -0.2) is 8.78 Å². The predicted molar refractivity (Wildman–Crippen MR) is 68.6 cm³/mol. The summed E-state index contributed by atoms with van der Waals surface area (Å²) in [5, 5.41) is 0.596. The average Bonchev–Trinajstić information content (AvgIpc) is 2.69. The molecule has 0 aliphatic heterocycles. The molecule has 3 rings (SSSR count). The highest BCUT2D eigenvalue weighted by Crippen LogP contribution is 2.39. The zero-order chi connectivity index (χ0) is 13.6. The Labute approximate surface area is 113 Å². The number of carbonyl (C=O) groups excluding carboxylic acids is 1. The van der Waals surface area contributed by atoms with Crippen LogP contribution in [0.1, 0.15) is 33.8 Å². The molecule has 0 heterocycles. The van der Waals surface area contributed by atoms with E-state index in [1.807, 2.05) is 0 Å². The summed E-state index contributed by atoms with van der Waals surface area (Å²) >= 11 is 5.82. The third-order valence-corrected chi connectivity index (χ3v) is 3.68. The monoisotopic (exact) mass is 278 g/mol. The van der Waals surface area contributed by atoms with Crippen LogP contribution >= 0.6 is 11.6 Å². The highest BCUT2D eigenvalue weighted by molar-refractivity contribution is 6.30. The van der Waals surface area contributed by atoms with Crippen LogP contribution in [0.25, 0.3) is 0 Å². The van der Waals surface area contributed by atoms with E-state index in [-0.39, 0.29) is 23.7 Å². The van der Waals surface area contributed by atoms with Crippen LogP contribution < -0.4 is 0 Å². The summed E-state index contributed by atoms with van der Waals surface area (Å²) in [6, 6.07) is 9.16. The van der Waals surface area contributed by atoms with E-state index in [4.69, 9.17) is 11.6 Å². The molecule has 0 amide bonds. The molecule has 2 aromatic carbocycles. The van der Waals surface area contributed by atoms with Gasteiger partial charge >= 0.3 is 0 Å². The fourth-order valence-electron chi connectivity index (χ4n) is 2.49. The summed E-state index contributed by atoms with van der Waals surface area (Å²) in [6.07, 6.45) is 0.236. The molecule has 2 aromatic rings. The minimum absolute atomic E-state index is 0.158. The van der Waals surface area contributed by atoms with Gasteiger partial charge in [0.15, 0.2) is 17.4 Å². The van der Waals surface area contributed by atoms with Crippen molar-refractivity contribution < 1.29 is 13.6 Å². The van der Waals surface area contributed by atoms with Gasteiger partial charge in [-0.05, 0) is 35.4 Å². The minimum atomic E-state index is -0.983. The average molecular weight is 279 g/mol. The van der Waals surface area contributed by atoms with Crippen molar-refractivity contribution in [1.82, 2.24) is 0 Å². The van der Waals surface area contributed by atoms with Crippen LogP contribution in [0.3, 0.4) is 0 Å². The molecule has 1 nitrogen and oxygen atoms in total. The van der Waals surface area contributed by atoms with Gasteiger partial charge in [-0.3, -0.25) is 4.79 Å². The van der Waals surface area contributed by atoms with Gasteiger partial charge in [-0.2, -0.15) is 0 Å². The van der Waals surface area contributed by atoms with E-state index in [1.165, 1.54) is 0 Å². The third-order valence-electron chi connectivity index (χ3n) is 3.43. The molecule has 19 heavy (non-hydrogen) atoms. The van der Waals surface area contributed by atoms with E-state index in [1.54, 1.807) is 24.3 Å². The number of ketones is 1. The number of hydrogen-bond donors (Lipinski definition) is 0. The number of hydrogen-bond acceptors (Lipinski definition) is 1. The molecule has 1 atom stereocenters. The number of rotatable bonds is 1. The van der Waals surface area contributed by atoms with E-state index in [9.17, 15) is 13.6 Å². The van der Waals surface area contributed by atoms with E-state index in [0.29, 0.717) is 10.6 Å². The molecule has 1 aliphatic carbocycles. The number of fused-ring (bicyclic) bond motifs is 1. The Kier molecular flexibility index (Phi) is 2.86. The fourth-order valence-corrected chi connectivity index (χ4v) is 2.62. The van der Waals surface area contributed by atoms with Crippen molar-refractivity contribution in [2.24, 2.45) is 0 Å². The second-order valence-corrected chi connectivity index (χ2v) is 5.02. The van der Waals surface area contributed by atoms with E-state index in [2.05, 4.69) is 0 Å². The van der Waals surface area contributed by atoms with Crippen LogP contribution in [-0.2, 0) is 0 Å². The maximum Gasteiger partial charge on any atom is 0.164 e. The summed E-state index contributed by atoms with van der Waals surface area (Å²) in [4.78, 5) is 11.9. The van der Waals surface area contributed by atoms with Crippen LogP contribution in [0.15, 0.2) is 36.4 Å². The van der Waals surface area contributed by atoms with Crippen molar-refractivity contribution in [2.45, 2.75) is 12.3 Å². The summed E-state index contributed by atoms with van der Waals surface area (Å²) in [5.41, 5.74) is 1.70. The lowest BCUT2D eigenvalue weighted by molar-refractivity contribution is 0.0991. The minimum Gasteiger partial charge on any atom is -0.294 e. The predicted octanol–water partition coefficient (Wildman–Crippen LogP) is 4.34. The van der Waals surface area contributed by atoms with Gasteiger partial charge < -0.3 is 0 Å².